The van der Waals surface area contributed by atoms with Crippen molar-refractivity contribution >= 4 is 17.0 Å². The van der Waals surface area contributed by atoms with E-state index in [9.17, 15) is 0 Å². The Morgan fingerprint density at radius 2 is 1.72 bits per heavy atom. The third-order valence-corrected chi connectivity index (χ3v) is 6.75. The minimum Gasteiger partial charge on any atom is -0.489 e. The second-order valence-electron chi connectivity index (χ2n) is 8.55. The Morgan fingerprint density at radius 1 is 0.938 bits per heavy atom. The van der Waals surface area contributed by atoms with Gasteiger partial charge in [0.15, 0.2) is 0 Å². The maximum atomic E-state index is 6.14. The largest absolute Gasteiger partial charge is 0.489 e. The zero-order valence-corrected chi connectivity index (χ0v) is 19.6. The number of fused-ring (bicyclic) bond motifs is 1. The van der Waals surface area contributed by atoms with Gasteiger partial charge in [-0.15, -0.1) is 0 Å². The van der Waals surface area contributed by atoms with Crippen LogP contribution in [-0.2, 0) is 12.0 Å². The molecule has 32 heavy (non-hydrogen) atoms. The molecule has 0 bridgehead atoms. The molecular weight excluding hydrogens is 390 g/mol. The van der Waals surface area contributed by atoms with E-state index in [0.717, 1.165) is 18.6 Å². The Morgan fingerprint density at radius 3 is 2.41 bits per heavy atom. The van der Waals surface area contributed by atoms with Gasteiger partial charge in [0.25, 0.3) is 0 Å². The summed E-state index contributed by atoms with van der Waals surface area (Å²) in [4.78, 5) is 3.54. The Bertz CT molecular complexity index is 1210. The predicted octanol–water partition coefficient (Wildman–Crippen LogP) is 8.19. The fourth-order valence-corrected chi connectivity index (χ4v) is 4.87. The predicted molar refractivity (Wildman–Crippen MR) is 136 cm³/mol. The van der Waals surface area contributed by atoms with Crippen LogP contribution in [0, 0.1) is 6.92 Å². The quantitative estimate of drug-likeness (QED) is 0.303. The second-order valence-corrected chi connectivity index (χ2v) is 8.55. The average molecular weight is 424 g/mol. The lowest BCUT2D eigenvalue weighted by Gasteiger charge is -2.33. The fraction of sp³-hybridized carbons (Fsp3) is 0.267. The van der Waals surface area contributed by atoms with Crippen LogP contribution in [0.5, 0.6) is 5.75 Å². The number of aromatic amines is 1. The summed E-state index contributed by atoms with van der Waals surface area (Å²) in [7, 11) is 0. The normalized spacial score (nSPS) is 12.0. The van der Waals surface area contributed by atoms with E-state index in [0.29, 0.717) is 6.61 Å². The van der Waals surface area contributed by atoms with Gasteiger partial charge in [0.1, 0.15) is 12.4 Å². The summed E-state index contributed by atoms with van der Waals surface area (Å²) in [5.41, 5.74) is 7.48. The second kappa shape index (κ2) is 9.48. The van der Waals surface area contributed by atoms with Crippen LogP contribution >= 0.6 is 0 Å². The van der Waals surface area contributed by atoms with Crippen molar-refractivity contribution < 1.29 is 4.74 Å². The highest BCUT2D eigenvalue weighted by molar-refractivity contribution is 5.87. The van der Waals surface area contributed by atoms with Gasteiger partial charge in [-0.1, -0.05) is 80.6 Å². The van der Waals surface area contributed by atoms with Gasteiger partial charge in [-0.2, -0.15) is 0 Å². The summed E-state index contributed by atoms with van der Waals surface area (Å²) in [6, 6.07) is 23.8. The van der Waals surface area contributed by atoms with E-state index in [1.807, 2.05) is 18.2 Å². The van der Waals surface area contributed by atoms with Crippen LogP contribution in [0.15, 0.2) is 79.0 Å². The van der Waals surface area contributed by atoms with Gasteiger partial charge < -0.3 is 9.72 Å². The molecule has 0 amide bonds. The van der Waals surface area contributed by atoms with E-state index in [1.54, 1.807) is 0 Å². The number of rotatable bonds is 8. The fourth-order valence-electron chi connectivity index (χ4n) is 4.87. The number of allylic oxidation sites excluding steroid dienone is 1. The third kappa shape index (κ3) is 4.10. The van der Waals surface area contributed by atoms with Gasteiger partial charge >= 0.3 is 0 Å². The first-order valence-corrected chi connectivity index (χ1v) is 11.6. The van der Waals surface area contributed by atoms with E-state index in [2.05, 4.69) is 99.6 Å². The molecule has 0 aliphatic carbocycles. The number of hydrogen-bond acceptors (Lipinski definition) is 1. The summed E-state index contributed by atoms with van der Waals surface area (Å²) >= 11 is 0. The first-order valence-electron chi connectivity index (χ1n) is 11.6. The lowest BCUT2D eigenvalue weighted by Crippen LogP contribution is -2.26. The number of aromatic nitrogens is 1. The van der Waals surface area contributed by atoms with E-state index >= 15 is 0 Å². The van der Waals surface area contributed by atoms with Crippen LogP contribution in [-0.4, -0.2) is 4.98 Å². The molecule has 4 aromatic rings. The molecule has 0 radical (unpaired) electrons. The van der Waals surface area contributed by atoms with Crippen LogP contribution in [0.4, 0.5) is 0 Å². The van der Waals surface area contributed by atoms with Crippen LogP contribution in [0.25, 0.3) is 17.0 Å². The van der Waals surface area contributed by atoms with Gasteiger partial charge in [-0.25, -0.2) is 0 Å². The molecule has 0 saturated carbocycles. The molecule has 2 nitrogen and oxygen atoms in total. The Labute approximate surface area is 192 Å². The molecule has 4 rings (SSSR count). The monoisotopic (exact) mass is 423 g/mol. The minimum absolute atomic E-state index is 0.0386. The van der Waals surface area contributed by atoms with Crippen molar-refractivity contribution in [2.75, 3.05) is 0 Å². The third-order valence-electron chi connectivity index (χ3n) is 6.75. The number of benzene rings is 3. The van der Waals surface area contributed by atoms with Crippen LogP contribution in [0.3, 0.4) is 0 Å². The van der Waals surface area contributed by atoms with E-state index < -0.39 is 0 Å². The number of nitrogens with one attached hydrogen (secondary N) is 1. The topological polar surface area (TPSA) is 25.0 Å². The highest BCUT2D eigenvalue weighted by Gasteiger charge is 2.33. The molecule has 0 aliphatic heterocycles. The molecule has 0 unspecified atom stereocenters. The van der Waals surface area contributed by atoms with Crippen LogP contribution in [0.1, 0.15) is 61.4 Å². The van der Waals surface area contributed by atoms with E-state index in [1.165, 1.54) is 38.7 Å². The van der Waals surface area contributed by atoms with Crippen molar-refractivity contribution in [3.8, 4) is 5.75 Å². The van der Waals surface area contributed by atoms with Gasteiger partial charge in [-0.3, -0.25) is 0 Å². The van der Waals surface area contributed by atoms with Crippen molar-refractivity contribution in [2.45, 2.75) is 52.6 Å². The van der Waals surface area contributed by atoms with Gasteiger partial charge in [0.05, 0.1) is 0 Å². The molecule has 0 atom stereocenters. The highest BCUT2D eigenvalue weighted by Crippen LogP contribution is 2.43. The lowest BCUT2D eigenvalue weighted by molar-refractivity contribution is 0.303. The highest BCUT2D eigenvalue weighted by atomic mass is 16.5. The Hall–Kier alpha value is -3.26. The smallest absolute Gasteiger partial charge is 0.122 e. The van der Waals surface area contributed by atoms with Crippen molar-refractivity contribution in [1.82, 2.24) is 4.98 Å². The summed E-state index contributed by atoms with van der Waals surface area (Å²) in [6.07, 6.45) is 8.52. The maximum absolute atomic E-state index is 6.14. The molecule has 1 aromatic heterocycles. The molecular formula is C30H33NO. The summed E-state index contributed by atoms with van der Waals surface area (Å²) in [5.74, 6) is 0.952. The van der Waals surface area contributed by atoms with E-state index in [-0.39, 0.29) is 5.41 Å². The Kier molecular flexibility index (Phi) is 6.50. The van der Waals surface area contributed by atoms with Gasteiger partial charge in [-0.05, 0) is 66.6 Å². The molecule has 2 heteroatoms. The number of aryl methyl sites for hydroxylation is 1. The van der Waals surface area contributed by atoms with Gasteiger partial charge in [0, 0.05) is 22.5 Å². The van der Waals surface area contributed by atoms with E-state index in [4.69, 9.17) is 4.74 Å². The van der Waals surface area contributed by atoms with Crippen LogP contribution in [0.2, 0.25) is 0 Å². The van der Waals surface area contributed by atoms with Crippen molar-refractivity contribution in [3.05, 3.63) is 107 Å². The molecule has 0 spiro atoms. The summed E-state index contributed by atoms with van der Waals surface area (Å²) in [5, 5.41) is 1.31. The van der Waals surface area contributed by atoms with Crippen molar-refractivity contribution in [2.24, 2.45) is 0 Å². The molecule has 164 valence electrons. The number of hydrogen-bond donors (Lipinski definition) is 1. The minimum atomic E-state index is -0.0386. The molecule has 1 N–H and O–H groups in total. The number of ether oxygens (including phenoxy) is 1. The maximum Gasteiger partial charge on any atom is 0.122 e. The first kappa shape index (κ1) is 22.0. The standard InChI is InChI=1S/C30H33NO/c1-5-11-23-14-16-26-27(20-31-28(26)19-23)30(6-2,7-3)25-15-17-29(22(4)18-25)32-21-24-12-9-8-10-13-24/h5,8-20,31H,6-7,21H2,1-4H3/b11-5+. The zero-order valence-electron chi connectivity index (χ0n) is 19.6. The summed E-state index contributed by atoms with van der Waals surface area (Å²) in [6.45, 7) is 9.39. The lowest BCUT2D eigenvalue weighted by atomic mass is 9.70. The Balaban J connectivity index is 1.69. The summed E-state index contributed by atoms with van der Waals surface area (Å²) < 4.78 is 6.14. The van der Waals surface area contributed by atoms with Crippen molar-refractivity contribution in [3.63, 3.8) is 0 Å². The van der Waals surface area contributed by atoms with Gasteiger partial charge in [0.2, 0.25) is 0 Å². The first-order chi connectivity index (χ1) is 15.6. The average Bonchev–Trinajstić information content (AvgIpc) is 3.24. The molecule has 0 saturated heterocycles. The van der Waals surface area contributed by atoms with Crippen LogP contribution < -0.4 is 4.74 Å². The molecule has 3 aromatic carbocycles. The number of H-pyrrole nitrogens is 1. The van der Waals surface area contributed by atoms with Crippen molar-refractivity contribution in [1.29, 1.82) is 0 Å². The molecule has 0 fully saturated rings. The SMILES string of the molecule is C/C=C/c1ccc2c(C(CC)(CC)c3ccc(OCc4ccccc4)c(C)c3)c[nH]c2c1. The molecule has 0 aliphatic rings. The molecule has 1 heterocycles. The zero-order chi connectivity index (χ0) is 22.6.